The van der Waals surface area contributed by atoms with Crippen LogP contribution in [0.15, 0.2) is 62.5 Å². The van der Waals surface area contributed by atoms with Gasteiger partial charge in [0.2, 0.25) is 5.91 Å². The molecule has 160 valence electrons. The molecule has 1 aromatic heterocycles. The van der Waals surface area contributed by atoms with Crippen LogP contribution in [-0.2, 0) is 11.2 Å². The Kier molecular flexibility index (Phi) is 7.03. The van der Waals surface area contributed by atoms with Crippen LogP contribution in [0.1, 0.15) is 11.3 Å². The number of rotatable bonds is 8. The molecule has 1 heterocycles. The standard InChI is InChI=1S/C21H18BrN3O6/c1-29-19-7-3-13(9-20(19)30-2)10-21(26)24-23-12-15-5-8-18(31-15)16-6-4-14(22)11-17(16)25(27)28/h3-9,11-12H,10H2,1-2H3,(H,24,26)/b23-12-. The van der Waals surface area contributed by atoms with Gasteiger partial charge in [0.25, 0.3) is 5.69 Å². The number of furan rings is 1. The normalized spacial score (nSPS) is 10.8. The molecule has 3 rings (SSSR count). The second-order valence-corrected chi connectivity index (χ2v) is 7.20. The van der Waals surface area contributed by atoms with Crippen LogP contribution in [-0.4, -0.2) is 31.3 Å². The third-order valence-electron chi connectivity index (χ3n) is 4.24. The Morgan fingerprint density at radius 3 is 2.65 bits per heavy atom. The average molecular weight is 488 g/mol. The zero-order valence-electron chi connectivity index (χ0n) is 16.6. The SMILES string of the molecule is COc1ccc(CC(=O)N/N=C\c2ccc(-c3ccc(Br)cc3[N+](=O)[O-])o2)cc1OC. The van der Waals surface area contributed by atoms with Crippen molar-refractivity contribution in [2.45, 2.75) is 6.42 Å². The lowest BCUT2D eigenvalue weighted by Gasteiger charge is -2.09. The number of halogens is 1. The molecule has 2 aromatic carbocycles. The van der Waals surface area contributed by atoms with Gasteiger partial charge in [0.1, 0.15) is 11.5 Å². The number of benzene rings is 2. The molecule has 0 aliphatic carbocycles. The molecular weight excluding hydrogens is 470 g/mol. The van der Waals surface area contributed by atoms with Gasteiger partial charge in [-0.3, -0.25) is 14.9 Å². The summed E-state index contributed by atoms with van der Waals surface area (Å²) in [6.07, 6.45) is 1.41. The molecule has 0 unspecified atom stereocenters. The Morgan fingerprint density at radius 1 is 1.16 bits per heavy atom. The zero-order chi connectivity index (χ0) is 22.4. The molecule has 31 heavy (non-hydrogen) atoms. The van der Waals surface area contributed by atoms with Crippen LogP contribution in [0.5, 0.6) is 11.5 Å². The van der Waals surface area contributed by atoms with Gasteiger partial charge >= 0.3 is 0 Å². The monoisotopic (exact) mass is 487 g/mol. The fraction of sp³-hybridized carbons (Fsp3) is 0.143. The molecule has 9 nitrogen and oxygen atoms in total. The van der Waals surface area contributed by atoms with Crippen LogP contribution in [0.4, 0.5) is 5.69 Å². The number of carbonyl (C=O) groups excluding carboxylic acids is 1. The van der Waals surface area contributed by atoms with Gasteiger partial charge < -0.3 is 13.9 Å². The van der Waals surface area contributed by atoms with E-state index in [1.54, 1.807) is 42.5 Å². The average Bonchev–Trinajstić information content (AvgIpc) is 3.22. The molecule has 0 saturated heterocycles. The van der Waals surface area contributed by atoms with E-state index in [4.69, 9.17) is 13.9 Å². The lowest BCUT2D eigenvalue weighted by atomic mass is 10.1. The Bertz CT molecular complexity index is 1140. The van der Waals surface area contributed by atoms with Crippen LogP contribution in [0.2, 0.25) is 0 Å². The third-order valence-corrected chi connectivity index (χ3v) is 4.74. The topological polar surface area (TPSA) is 116 Å². The minimum Gasteiger partial charge on any atom is -0.493 e. The first-order chi connectivity index (χ1) is 14.9. The molecule has 0 saturated carbocycles. The van der Waals surface area contributed by atoms with Crippen LogP contribution < -0.4 is 14.9 Å². The maximum Gasteiger partial charge on any atom is 0.281 e. The van der Waals surface area contributed by atoms with Crippen molar-refractivity contribution in [3.8, 4) is 22.8 Å². The maximum atomic E-state index is 12.1. The first-order valence-corrected chi connectivity index (χ1v) is 9.77. The van der Waals surface area contributed by atoms with E-state index in [0.29, 0.717) is 33.1 Å². The van der Waals surface area contributed by atoms with Crippen molar-refractivity contribution >= 4 is 33.7 Å². The Hall–Kier alpha value is -3.66. The molecule has 1 N–H and O–H groups in total. The van der Waals surface area contributed by atoms with Crippen molar-refractivity contribution in [1.82, 2.24) is 5.43 Å². The molecule has 0 bridgehead atoms. The van der Waals surface area contributed by atoms with Gasteiger partial charge in [-0.25, -0.2) is 5.43 Å². The molecule has 10 heteroatoms. The van der Waals surface area contributed by atoms with Gasteiger partial charge in [-0.15, -0.1) is 0 Å². The van der Waals surface area contributed by atoms with Crippen LogP contribution >= 0.6 is 15.9 Å². The smallest absolute Gasteiger partial charge is 0.281 e. The summed E-state index contributed by atoms with van der Waals surface area (Å²) >= 11 is 3.22. The van der Waals surface area contributed by atoms with Crippen LogP contribution in [0.25, 0.3) is 11.3 Å². The quantitative estimate of drug-likeness (QED) is 0.287. The number of nitrogens with one attached hydrogen (secondary N) is 1. The predicted octanol–water partition coefficient (Wildman–Crippen LogP) is 4.33. The number of ether oxygens (including phenoxy) is 2. The van der Waals surface area contributed by atoms with E-state index >= 15 is 0 Å². The number of nitro groups is 1. The number of amides is 1. The number of hydrogen-bond acceptors (Lipinski definition) is 7. The van der Waals surface area contributed by atoms with E-state index in [-0.39, 0.29) is 18.0 Å². The number of hydrogen-bond donors (Lipinski definition) is 1. The van der Waals surface area contributed by atoms with E-state index in [1.165, 1.54) is 26.5 Å². The number of methoxy groups -OCH3 is 2. The van der Waals surface area contributed by atoms with Crippen molar-refractivity contribution < 1.29 is 23.6 Å². The third kappa shape index (κ3) is 5.48. The largest absolute Gasteiger partial charge is 0.493 e. The Morgan fingerprint density at radius 2 is 1.94 bits per heavy atom. The summed E-state index contributed by atoms with van der Waals surface area (Å²) in [6, 6.07) is 13.1. The summed E-state index contributed by atoms with van der Waals surface area (Å²) in [6.45, 7) is 0. The predicted molar refractivity (Wildman–Crippen MR) is 117 cm³/mol. The van der Waals surface area contributed by atoms with E-state index in [1.807, 2.05) is 0 Å². The molecule has 0 fully saturated rings. The number of hydrazone groups is 1. The highest BCUT2D eigenvalue weighted by molar-refractivity contribution is 9.10. The number of nitro benzene ring substituents is 1. The summed E-state index contributed by atoms with van der Waals surface area (Å²) in [5.74, 6) is 1.42. The fourth-order valence-corrected chi connectivity index (χ4v) is 3.16. The highest BCUT2D eigenvalue weighted by atomic mass is 79.9. The zero-order valence-corrected chi connectivity index (χ0v) is 18.2. The summed E-state index contributed by atoms with van der Waals surface area (Å²) in [5.41, 5.74) is 3.40. The minimum absolute atomic E-state index is 0.0876. The Balaban J connectivity index is 1.65. The highest BCUT2D eigenvalue weighted by Gasteiger charge is 2.18. The molecule has 0 aliphatic heterocycles. The first-order valence-electron chi connectivity index (χ1n) is 8.98. The van der Waals surface area contributed by atoms with Gasteiger partial charge in [0.15, 0.2) is 11.5 Å². The summed E-state index contributed by atoms with van der Waals surface area (Å²) in [5, 5.41) is 15.2. The van der Waals surface area contributed by atoms with Crippen molar-refractivity contribution in [2.24, 2.45) is 5.10 Å². The lowest BCUT2D eigenvalue weighted by molar-refractivity contribution is -0.384. The lowest BCUT2D eigenvalue weighted by Crippen LogP contribution is -2.19. The summed E-state index contributed by atoms with van der Waals surface area (Å²) in [7, 11) is 3.06. The van der Waals surface area contributed by atoms with E-state index in [9.17, 15) is 14.9 Å². The van der Waals surface area contributed by atoms with E-state index < -0.39 is 4.92 Å². The second-order valence-electron chi connectivity index (χ2n) is 6.28. The van der Waals surface area contributed by atoms with Gasteiger partial charge in [-0.2, -0.15) is 5.10 Å². The minimum atomic E-state index is -0.481. The van der Waals surface area contributed by atoms with Crippen molar-refractivity contribution in [1.29, 1.82) is 0 Å². The molecule has 0 radical (unpaired) electrons. The van der Waals surface area contributed by atoms with Crippen LogP contribution in [0.3, 0.4) is 0 Å². The van der Waals surface area contributed by atoms with E-state index in [2.05, 4.69) is 26.5 Å². The first kappa shape index (κ1) is 22.0. The van der Waals surface area contributed by atoms with Gasteiger partial charge in [0, 0.05) is 10.5 Å². The highest BCUT2D eigenvalue weighted by Crippen LogP contribution is 2.33. The molecule has 1 amide bonds. The summed E-state index contributed by atoms with van der Waals surface area (Å²) < 4.78 is 16.6. The maximum absolute atomic E-state index is 12.1. The molecule has 3 aromatic rings. The van der Waals surface area contributed by atoms with Gasteiger partial charge in [-0.05, 0) is 42.0 Å². The number of nitrogens with zero attached hydrogens (tertiary/aromatic N) is 2. The van der Waals surface area contributed by atoms with E-state index in [0.717, 1.165) is 5.56 Å². The summed E-state index contributed by atoms with van der Waals surface area (Å²) in [4.78, 5) is 22.9. The molecule has 0 atom stereocenters. The molecule has 0 spiro atoms. The van der Waals surface area contributed by atoms with Gasteiger partial charge in [0.05, 0.1) is 37.3 Å². The van der Waals surface area contributed by atoms with Crippen molar-refractivity contribution in [3.63, 3.8) is 0 Å². The Labute approximate surface area is 185 Å². The molecule has 0 aliphatic rings. The number of carbonyl (C=O) groups is 1. The molecular formula is C21H18BrN3O6. The fourth-order valence-electron chi connectivity index (χ4n) is 2.81. The van der Waals surface area contributed by atoms with Crippen LogP contribution in [0, 0.1) is 10.1 Å². The second kappa shape index (κ2) is 9.90. The van der Waals surface area contributed by atoms with Gasteiger partial charge in [-0.1, -0.05) is 22.0 Å². The van der Waals surface area contributed by atoms with Crippen molar-refractivity contribution in [3.05, 3.63) is 74.4 Å². The van der Waals surface area contributed by atoms with Crippen molar-refractivity contribution in [2.75, 3.05) is 14.2 Å².